The summed E-state index contributed by atoms with van der Waals surface area (Å²) in [4.78, 5) is 12.4. The van der Waals surface area contributed by atoms with Crippen molar-refractivity contribution in [3.63, 3.8) is 0 Å². The van der Waals surface area contributed by atoms with E-state index in [1.807, 2.05) is 30.3 Å². The second-order valence-corrected chi connectivity index (χ2v) is 8.19. The average molecular weight is 427 g/mol. The lowest BCUT2D eigenvalue weighted by atomic mass is 10.1. The molecule has 3 nitrogen and oxygen atoms in total. The van der Waals surface area contributed by atoms with Gasteiger partial charge in [0, 0.05) is 44.8 Å². The molecule has 148 valence electrons. The molecule has 6 heteroatoms. The van der Waals surface area contributed by atoms with Gasteiger partial charge >= 0.3 is 0 Å². The zero-order valence-corrected chi connectivity index (χ0v) is 17.5. The third kappa shape index (κ3) is 4.11. The molecule has 4 rings (SSSR count). The Morgan fingerprint density at radius 1 is 1.07 bits per heavy atom. The molecule has 3 aromatic carbocycles. The van der Waals surface area contributed by atoms with E-state index in [4.69, 9.17) is 11.6 Å². The predicted molar refractivity (Wildman–Crippen MR) is 121 cm³/mol. The highest BCUT2D eigenvalue weighted by Crippen LogP contribution is 2.31. The lowest BCUT2D eigenvalue weighted by Gasteiger charge is -2.07. The van der Waals surface area contributed by atoms with Crippen molar-refractivity contribution < 1.29 is 9.18 Å². The normalized spacial score (nSPS) is 11.3. The molecule has 0 aliphatic heterocycles. The first-order valence-electron chi connectivity index (χ1n) is 9.39. The summed E-state index contributed by atoms with van der Waals surface area (Å²) in [5.74, 6) is 0.210. The van der Waals surface area contributed by atoms with Crippen LogP contribution in [0.4, 0.5) is 10.1 Å². The molecule has 0 unspecified atom stereocenters. The Balaban J connectivity index is 1.46. The Morgan fingerprint density at radius 2 is 1.86 bits per heavy atom. The molecule has 29 heavy (non-hydrogen) atoms. The number of benzene rings is 3. The number of aryl methyl sites for hydroxylation is 1. The van der Waals surface area contributed by atoms with Gasteiger partial charge in [-0.3, -0.25) is 4.79 Å². The average Bonchev–Trinajstić information content (AvgIpc) is 3.03. The quantitative estimate of drug-likeness (QED) is 0.383. The topological polar surface area (TPSA) is 34.0 Å². The fraction of sp³-hybridized carbons (Fsp3) is 0.174. The summed E-state index contributed by atoms with van der Waals surface area (Å²) in [6.45, 7) is 3.01. The van der Waals surface area contributed by atoms with Crippen LogP contribution in [-0.4, -0.2) is 16.2 Å². The first kappa shape index (κ1) is 19.8. The molecule has 0 bridgehead atoms. The van der Waals surface area contributed by atoms with Crippen LogP contribution in [0.5, 0.6) is 0 Å². The van der Waals surface area contributed by atoms with Crippen molar-refractivity contribution in [3.8, 4) is 0 Å². The molecule has 0 saturated carbocycles. The summed E-state index contributed by atoms with van der Waals surface area (Å²) < 4.78 is 16.1. The largest absolute Gasteiger partial charge is 0.341 e. The van der Waals surface area contributed by atoms with Crippen LogP contribution >= 0.6 is 23.4 Å². The van der Waals surface area contributed by atoms with Gasteiger partial charge in [-0.05, 0) is 48.9 Å². The highest BCUT2D eigenvalue weighted by molar-refractivity contribution is 7.99. The van der Waals surface area contributed by atoms with E-state index in [2.05, 4.69) is 28.9 Å². The molecule has 0 spiro atoms. The van der Waals surface area contributed by atoms with Gasteiger partial charge in [-0.25, -0.2) is 4.39 Å². The molecule has 0 atom stereocenters. The maximum absolute atomic E-state index is 13.8. The number of hydrogen-bond donors (Lipinski definition) is 1. The van der Waals surface area contributed by atoms with Crippen LogP contribution in [0.25, 0.3) is 21.8 Å². The molecule has 0 aliphatic rings. The second kappa shape index (κ2) is 8.47. The molecule has 1 aromatic heterocycles. The van der Waals surface area contributed by atoms with Crippen LogP contribution in [-0.2, 0) is 17.1 Å². The van der Waals surface area contributed by atoms with Crippen LogP contribution in [0.3, 0.4) is 0 Å². The molecule has 0 saturated heterocycles. The number of thioether (sulfide) groups is 1. The van der Waals surface area contributed by atoms with Crippen LogP contribution < -0.4 is 5.32 Å². The van der Waals surface area contributed by atoms with Gasteiger partial charge in [-0.1, -0.05) is 35.9 Å². The minimum Gasteiger partial charge on any atom is -0.341 e. The summed E-state index contributed by atoms with van der Waals surface area (Å²) in [5, 5.41) is 5.62. The van der Waals surface area contributed by atoms with E-state index in [-0.39, 0.29) is 17.5 Å². The number of para-hydroxylation sites is 1. The number of aromatic nitrogens is 1. The first-order valence-corrected chi connectivity index (χ1v) is 10.9. The van der Waals surface area contributed by atoms with Gasteiger partial charge in [-0.15, -0.1) is 11.8 Å². The van der Waals surface area contributed by atoms with Crippen molar-refractivity contribution in [2.75, 3.05) is 11.1 Å². The second-order valence-electron chi connectivity index (χ2n) is 6.77. The Labute approximate surface area is 177 Å². The Hall–Kier alpha value is -2.50. The Bertz CT molecular complexity index is 1200. The number of fused-ring (bicyclic) bond motifs is 3. The Morgan fingerprint density at radius 3 is 2.66 bits per heavy atom. The fourth-order valence-corrected chi connectivity index (χ4v) is 4.53. The SMILES string of the molecule is CCn1c2ccccc2c2cc(NC(=O)CSCc3ccc(Cl)cc3F)ccc21. The van der Waals surface area contributed by atoms with E-state index in [1.165, 1.54) is 28.7 Å². The van der Waals surface area contributed by atoms with Crippen molar-refractivity contribution >= 4 is 56.8 Å². The van der Waals surface area contributed by atoms with Crippen molar-refractivity contribution in [1.29, 1.82) is 0 Å². The lowest BCUT2D eigenvalue weighted by Crippen LogP contribution is -2.14. The van der Waals surface area contributed by atoms with E-state index in [0.717, 1.165) is 23.1 Å². The number of nitrogens with zero attached hydrogens (tertiary/aromatic N) is 1. The number of rotatable bonds is 6. The summed E-state index contributed by atoms with van der Waals surface area (Å²) in [5.41, 5.74) is 3.65. The smallest absolute Gasteiger partial charge is 0.234 e. The molecular formula is C23H20ClFN2OS. The highest BCUT2D eigenvalue weighted by Gasteiger charge is 2.11. The van der Waals surface area contributed by atoms with Crippen molar-refractivity contribution in [1.82, 2.24) is 4.57 Å². The number of carbonyl (C=O) groups is 1. The fourth-order valence-electron chi connectivity index (χ4n) is 3.56. The highest BCUT2D eigenvalue weighted by atomic mass is 35.5. The molecule has 1 N–H and O–H groups in total. The van der Waals surface area contributed by atoms with Gasteiger partial charge < -0.3 is 9.88 Å². The third-order valence-electron chi connectivity index (χ3n) is 4.88. The molecule has 4 aromatic rings. The van der Waals surface area contributed by atoms with Crippen molar-refractivity contribution in [2.45, 2.75) is 19.2 Å². The lowest BCUT2D eigenvalue weighted by molar-refractivity contribution is -0.113. The number of amides is 1. The molecule has 1 heterocycles. The number of hydrogen-bond acceptors (Lipinski definition) is 2. The molecule has 0 aliphatic carbocycles. The molecule has 1 amide bonds. The summed E-state index contributed by atoms with van der Waals surface area (Å²) >= 11 is 7.14. The van der Waals surface area contributed by atoms with Gasteiger partial charge in [0.15, 0.2) is 0 Å². The van der Waals surface area contributed by atoms with E-state index in [1.54, 1.807) is 12.1 Å². The maximum atomic E-state index is 13.8. The van der Waals surface area contributed by atoms with Gasteiger partial charge in [0.2, 0.25) is 5.91 Å². The van der Waals surface area contributed by atoms with Crippen LogP contribution in [0.2, 0.25) is 5.02 Å². The van der Waals surface area contributed by atoms with E-state index < -0.39 is 0 Å². The number of carbonyl (C=O) groups excluding carboxylic acids is 1. The van der Waals surface area contributed by atoms with Gasteiger partial charge in [0.05, 0.1) is 5.75 Å². The van der Waals surface area contributed by atoms with Crippen LogP contribution in [0.15, 0.2) is 60.7 Å². The van der Waals surface area contributed by atoms with Crippen LogP contribution in [0, 0.1) is 5.82 Å². The summed E-state index contributed by atoms with van der Waals surface area (Å²) in [6, 6.07) is 18.9. The van der Waals surface area contributed by atoms with Crippen molar-refractivity contribution in [2.24, 2.45) is 0 Å². The van der Waals surface area contributed by atoms with E-state index >= 15 is 0 Å². The number of nitrogens with one attached hydrogen (secondary N) is 1. The van der Waals surface area contributed by atoms with Crippen LogP contribution in [0.1, 0.15) is 12.5 Å². The van der Waals surface area contributed by atoms with Gasteiger partial charge in [0.25, 0.3) is 0 Å². The minimum atomic E-state index is -0.344. The monoisotopic (exact) mass is 426 g/mol. The summed E-state index contributed by atoms with van der Waals surface area (Å²) in [7, 11) is 0. The minimum absolute atomic E-state index is 0.108. The number of anilines is 1. The zero-order valence-electron chi connectivity index (χ0n) is 15.9. The van der Waals surface area contributed by atoms with Gasteiger partial charge in [-0.2, -0.15) is 0 Å². The Kier molecular flexibility index (Phi) is 5.79. The third-order valence-corrected chi connectivity index (χ3v) is 6.09. The molecule has 0 fully saturated rings. The van der Waals surface area contributed by atoms with Crippen molar-refractivity contribution in [3.05, 3.63) is 77.1 Å². The van der Waals surface area contributed by atoms with Gasteiger partial charge in [0.1, 0.15) is 5.82 Å². The maximum Gasteiger partial charge on any atom is 0.234 e. The zero-order chi connectivity index (χ0) is 20.4. The van der Waals surface area contributed by atoms with E-state index in [0.29, 0.717) is 16.3 Å². The predicted octanol–water partition coefficient (Wildman–Crippen LogP) is 6.48. The standard InChI is InChI=1S/C23H20ClFN2OS/c1-2-27-21-6-4-3-5-18(21)19-12-17(9-10-22(19)27)26-23(28)14-29-13-15-7-8-16(24)11-20(15)25/h3-12H,2,13-14H2,1H3,(H,26,28). The summed E-state index contributed by atoms with van der Waals surface area (Å²) in [6.07, 6.45) is 0. The first-order chi connectivity index (χ1) is 14.1. The van der Waals surface area contributed by atoms with E-state index in [9.17, 15) is 9.18 Å². The molecular weight excluding hydrogens is 407 g/mol. The molecule has 0 radical (unpaired) electrons. The number of halogens is 2.